The predicted molar refractivity (Wildman–Crippen MR) is 102 cm³/mol. The standard InChI is InChI=1S/C20H17F2N5O3/c1-10-13(11(2)27-19(25-10)12(8-23)9-24-27)4-5-18(28)26-17-6-14(20(29)30-3)15(21)7-16(17)22/h6-7,9H,4-5H2,1-3H3,(H,26,28). The highest BCUT2D eigenvalue weighted by atomic mass is 19.1. The number of hydrogen-bond acceptors (Lipinski definition) is 6. The van der Waals surface area contributed by atoms with Gasteiger partial charge in [0.1, 0.15) is 23.3 Å². The minimum atomic E-state index is -1.08. The Morgan fingerprint density at radius 1 is 1.27 bits per heavy atom. The molecule has 1 N–H and O–H groups in total. The zero-order valence-corrected chi connectivity index (χ0v) is 16.4. The van der Waals surface area contributed by atoms with Crippen LogP contribution >= 0.6 is 0 Å². The lowest BCUT2D eigenvalue weighted by Gasteiger charge is -2.12. The highest BCUT2D eigenvalue weighted by molar-refractivity contribution is 5.95. The molecule has 1 aromatic carbocycles. The smallest absolute Gasteiger partial charge is 0.340 e. The van der Waals surface area contributed by atoms with Gasteiger partial charge in [0.2, 0.25) is 5.91 Å². The molecule has 0 aliphatic rings. The molecule has 0 atom stereocenters. The van der Waals surface area contributed by atoms with Crippen LogP contribution in [0, 0.1) is 36.8 Å². The minimum Gasteiger partial charge on any atom is -0.465 e. The number of benzene rings is 1. The molecule has 3 rings (SSSR count). The van der Waals surface area contributed by atoms with Crippen molar-refractivity contribution in [1.29, 1.82) is 5.26 Å². The first-order valence-corrected chi connectivity index (χ1v) is 8.88. The number of nitrogens with zero attached hydrogens (tertiary/aromatic N) is 4. The molecule has 8 nitrogen and oxygen atoms in total. The molecule has 2 heterocycles. The Balaban J connectivity index is 1.79. The maximum absolute atomic E-state index is 14.0. The van der Waals surface area contributed by atoms with Gasteiger partial charge < -0.3 is 10.1 Å². The van der Waals surface area contributed by atoms with Crippen molar-refractivity contribution in [2.75, 3.05) is 12.4 Å². The monoisotopic (exact) mass is 413 g/mol. The molecule has 10 heteroatoms. The maximum Gasteiger partial charge on any atom is 0.340 e. The number of anilines is 1. The third-order valence-electron chi connectivity index (χ3n) is 4.67. The highest BCUT2D eigenvalue weighted by Crippen LogP contribution is 2.22. The van der Waals surface area contributed by atoms with Gasteiger partial charge in [-0.15, -0.1) is 0 Å². The third kappa shape index (κ3) is 3.82. The second-order valence-corrected chi connectivity index (χ2v) is 6.52. The summed E-state index contributed by atoms with van der Waals surface area (Å²) in [5, 5.41) is 15.6. The van der Waals surface area contributed by atoms with E-state index in [1.165, 1.54) is 10.7 Å². The number of ether oxygens (including phenoxy) is 1. The number of amides is 1. The summed E-state index contributed by atoms with van der Waals surface area (Å²) < 4.78 is 33.7. The van der Waals surface area contributed by atoms with Gasteiger partial charge >= 0.3 is 5.97 Å². The van der Waals surface area contributed by atoms with E-state index >= 15 is 0 Å². The van der Waals surface area contributed by atoms with Crippen molar-refractivity contribution in [1.82, 2.24) is 14.6 Å². The number of nitriles is 1. The molecule has 0 radical (unpaired) electrons. The van der Waals surface area contributed by atoms with E-state index in [-0.39, 0.29) is 18.5 Å². The van der Waals surface area contributed by atoms with E-state index in [1.54, 1.807) is 13.8 Å². The Morgan fingerprint density at radius 2 is 2.00 bits per heavy atom. The van der Waals surface area contributed by atoms with Crippen LogP contribution in [0.5, 0.6) is 0 Å². The van der Waals surface area contributed by atoms with Gasteiger partial charge in [-0.2, -0.15) is 10.4 Å². The van der Waals surface area contributed by atoms with E-state index in [2.05, 4.69) is 20.1 Å². The molecule has 0 fully saturated rings. The van der Waals surface area contributed by atoms with Crippen molar-refractivity contribution < 1.29 is 23.1 Å². The van der Waals surface area contributed by atoms with Crippen LogP contribution in [-0.2, 0) is 16.0 Å². The second kappa shape index (κ2) is 8.24. The molecule has 0 bridgehead atoms. The van der Waals surface area contributed by atoms with Crippen LogP contribution in [0.15, 0.2) is 18.3 Å². The zero-order chi connectivity index (χ0) is 22.0. The Kier molecular flexibility index (Phi) is 5.73. The molecular formula is C20H17F2N5O3. The van der Waals surface area contributed by atoms with Crippen molar-refractivity contribution in [3.8, 4) is 6.07 Å². The van der Waals surface area contributed by atoms with Crippen LogP contribution in [0.25, 0.3) is 5.65 Å². The number of aromatic nitrogens is 3. The molecule has 0 spiro atoms. The molecule has 0 saturated heterocycles. The number of carbonyl (C=O) groups is 2. The zero-order valence-electron chi connectivity index (χ0n) is 16.4. The summed E-state index contributed by atoms with van der Waals surface area (Å²) in [5.41, 5.74) is 2.11. The van der Waals surface area contributed by atoms with Crippen molar-refractivity contribution >= 4 is 23.2 Å². The molecule has 30 heavy (non-hydrogen) atoms. The summed E-state index contributed by atoms with van der Waals surface area (Å²) in [6, 6.07) is 3.43. The fourth-order valence-electron chi connectivity index (χ4n) is 3.11. The number of esters is 1. The van der Waals surface area contributed by atoms with Gasteiger partial charge in [-0.25, -0.2) is 23.1 Å². The predicted octanol–water partition coefficient (Wildman–Crippen LogP) is 2.85. The van der Waals surface area contributed by atoms with Gasteiger partial charge in [0, 0.05) is 23.9 Å². The van der Waals surface area contributed by atoms with Crippen molar-refractivity contribution in [3.05, 3.63) is 58.0 Å². The third-order valence-corrected chi connectivity index (χ3v) is 4.67. The van der Waals surface area contributed by atoms with E-state index in [4.69, 9.17) is 5.26 Å². The summed E-state index contributed by atoms with van der Waals surface area (Å²) in [5.74, 6) is -3.61. The average molecular weight is 413 g/mol. The van der Waals surface area contributed by atoms with Crippen molar-refractivity contribution in [2.45, 2.75) is 26.7 Å². The molecule has 0 unspecified atom stereocenters. The summed E-state index contributed by atoms with van der Waals surface area (Å²) in [4.78, 5) is 28.3. The van der Waals surface area contributed by atoms with Crippen molar-refractivity contribution in [2.24, 2.45) is 0 Å². The number of hydrogen-bond donors (Lipinski definition) is 1. The molecule has 1 amide bonds. The second-order valence-electron chi connectivity index (χ2n) is 6.52. The Bertz CT molecular complexity index is 1210. The number of halogens is 2. The summed E-state index contributed by atoms with van der Waals surface area (Å²) >= 11 is 0. The summed E-state index contributed by atoms with van der Waals surface area (Å²) in [6.07, 6.45) is 1.67. The number of carbonyl (C=O) groups excluding carboxylic acids is 2. The maximum atomic E-state index is 14.0. The van der Waals surface area contributed by atoms with Gasteiger partial charge in [0.05, 0.1) is 24.6 Å². The lowest BCUT2D eigenvalue weighted by atomic mass is 10.1. The van der Waals surface area contributed by atoms with Gasteiger partial charge in [-0.05, 0) is 31.9 Å². The van der Waals surface area contributed by atoms with E-state index in [9.17, 15) is 18.4 Å². The number of nitrogens with one attached hydrogen (secondary N) is 1. The lowest BCUT2D eigenvalue weighted by molar-refractivity contribution is -0.116. The fraction of sp³-hybridized carbons (Fsp3) is 0.250. The number of fused-ring (bicyclic) bond motifs is 1. The van der Waals surface area contributed by atoms with Crippen LogP contribution in [0.2, 0.25) is 0 Å². The van der Waals surface area contributed by atoms with E-state index in [0.29, 0.717) is 23.0 Å². The Morgan fingerprint density at radius 3 is 2.67 bits per heavy atom. The number of aryl methyl sites for hydroxylation is 2. The lowest BCUT2D eigenvalue weighted by Crippen LogP contribution is -2.16. The van der Waals surface area contributed by atoms with Crippen LogP contribution in [0.4, 0.5) is 14.5 Å². The van der Waals surface area contributed by atoms with Gasteiger partial charge in [-0.3, -0.25) is 4.79 Å². The molecule has 0 saturated carbocycles. The molecule has 3 aromatic rings. The number of rotatable bonds is 5. The topological polar surface area (TPSA) is 109 Å². The van der Waals surface area contributed by atoms with Crippen LogP contribution in [0.1, 0.15) is 39.3 Å². The minimum absolute atomic E-state index is 0.0222. The van der Waals surface area contributed by atoms with Gasteiger partial charge in [-0.1, -0.05) is 0 Å². The largest absolute Gasteiger partial charge is 0.465 e. The first-order chi connectivity index (χ1) is 14.3. The quantitative estimate of drug-likeness (QED) is 0.644. The number of methoxy groups -OCH3 is 1. The summed E-state index contributed by atoms with van der Waals surface area (Å²) in [6.45, 7) is 3.56. The summed E-state index contributed by atoms with van der Waals surface area (Å²) in [7, 11) is 1.07. The molecule has 0 aliphatic heterocycles. The van der Waals surface area contributed by atoms with Crippen molar-refractivity contribution in [3.63, 3.8) is 0 Å². The van der Waals surface area contributed by atoms with Gasteiger partial charge in [0.15, 0.2) is 5.65 Å². The van der Waals surface area contributed by atoms with E-state index in [0.717, 1.165) is 24.4 Å². The molecular weight excluding hydrogens is 396 g/mol. The molecule has 2 aromatic heterocycles. The Labute approximate surface area is 170 Å². The van der Waals surface area contributed by atoms with Crippen LogP contribution in [0.3, 0.4) is 0 Å². The Hall–Kier alpha value is -3.87. The fourth-order valence-corrected chi connectivity index (χ4v) is 3.11. The first kappa shape index (κ1) is 20.9. The van der Waals surface area contributed by atoms with E-state index < -0.39 is 29.1 Å². The molecule has 0 aliphatic carbocycles. The van der Waals surface area contributed by atoms with E-state index in [1.807, 2.05) is 6.07 Å². The van der Waals surface area contributed by atoms with Crippen LogP contribution in [-0.4, -0.2) is 33.6 Å². The van der Waals surface area contributed by atoms with Gasteiger partial charge in [0.25, 0.3) is 0 Å². The highest BCUT2D eigenvalue weighted by Gasteiger charge is 2.19. The first-order valence-electron chi connectivity index (χ1n) is 8.88. The normalized spacial score (nSPS) is 10.7. The average Bonchev–Trinajstić information content (AvgIpc) is 3.12. The van der Waals surface area contributed by atoms with Crippen LogP contribution < -0.4 is 5.32 Å². The SMILES string of the molecule is COC(=O)c1cc(NC(=O)CCc2c(C)nc3c(C#N)cnn3c2C)c(F)cc1F. The molecule has 154 valence electrons.